The molecular weight excluding hydrogens is 178 g/mol. The molecule has 70 valence electrons. The molecule has 0 amide bonds. The van der Waals surface area contributed by atoms with Gasteiger partial charge in [-0.3, -0.25) is 4.98 Å². The first kappa shape index (κ1) is 8.69. The third-order valence-electron chi connectivity index (χ3n) is 1.85. The molecule has 0 bridgehead atoms. The van der Waals surface area contributed by atoms with E-state index in [1.165, 1.54) is 6.20 Å². The fourth-order valence-corrected chi connectivity index (χ4v) is 1.17. The number of carbonyl (C=O) groups is 1. The van der Waals surface area contributed by atoms with Gasteiger partial charge in [0.1, 0.15) is 6.10 Å². The Bertz CT molecular complexity index is 370. The highest BCUT2D eigenvalue weighted by Gasteiger charge is 2.12. The fourth-order valence-electron chi connectivity index (χ4n) is 1.17. The predicted molar refractivity (Wildman–Crippen MR) is 51.7 cm³/mol. The number of aromatic nitrogens is 1. The molecule has 2 rings (SSSR count). The van der Waals surface area contributed by atoms with Gasteiger partial charge in [-0.05, 0) is 24.3 Å². The van der Waals surface area contributed by atoms with Crippen molar-refractivity contribution in [1.29, 1.82) is 0 Å². The molecule has 1 heterocycles. The zero-order chi connectivity index (χ0) is 9.80. The highest BCUT2D eigenvalue weighted by Crippen LogP contribution is 2.08. The molecule has 0 radical (unpaired) electrons. The molecule has 0 saturated heterocycles. The Morgan fingerprint density at radius 1 is 1.36 bits per heavy atom. The summed E-state index contributed by atoms with van der Waals surface area (Å²) in [6, 6.07) is 3.38. The molecule has 3 nitrogen and oxygen atoms in total. The Balaban J connectivity index is 2.03. The van der Waals surface area contributed by atoms with Gasteiger partial charge in [0, 0.05) is 12.4 Å². The maximum absolute atomic E-state index is 11.5. The van der Waals surface area contributed by atoms with Crippen molar-refractivity contribution in [2.75, 3.05) is 0 Å². The first-order chi connectivity index (χ1) is 6.86. The van der Waals surface area contributed by atoms with Crippen LogP contribution in [0.1, 0.15) is 10.4 Å². The van der Waals surface area contributed by atoms with Gasteiger partial charge in [-0.25, -0.2) is 4.79 Å². The molecule has 0 saturated carbocycles. The van der Waals surface area contributed by atoms with E-state index in [4.69, 9.17) is 4.74 Å². The number of hydrogen-bond donors (Lipinski definition) is 0. The normalized spacial score (nSPS) is 14.6. The van der Waals surface area contributed by atoms with Crippen molar-refractivity contribution in [2.24, 2.45) is 0 Å². The Hall–Kier alpha value is -1.90. The number of pyridine rings is 1. The van der Waals surface area contributed by atoms with E-state index in [0.29, 0.717) is 5.56 Å². The van der Waals surface area contributed by atoms with Crippen LogP contribution in [0, 0.1) is 0 Å². The highest BCUT2D eigenvalue weighted by atomic mass is 16.5. The summed E-state index contributed by atoms with van der Waals surface area (Å²) in [6.07, 6.45) is 10.2. The Kier molecular flexibility index (Phi) is 2.40. The molecule has 1 aromatic heterocycles. The average molecular weight is 187 g/mol. The van der Waals surface area contributed by atoms with Crippen LogP contribution < -0.4 is 0 Å². The van der Waals surface area contributed by atoms with E-state index in [2.05, 4.69) is 4.98 Å². The number of allylic oxidation sites excluding steroid dienone is 2. The second-order valence-corrected chi connectivity index (χ2v) is 2.88. The smallest absolute Gasteiger partial charge is 0.340 e. The lowest BCUT2D eigenvalue weighted by molar-refractivity contribution is 0.0466. The molecule has 1 aromatic rings. The monoisotopic (exact) mass is 187 g/mol. The summed E-state index contributed by atoms with van der Waals surface area (Å²) in [4.78, 5) is 15.3. The first-order valence-electron chi connectivity index (χ1n) is 4.32. The molecule has 0 fully saturated rings. The predicted octanol–water partition coefficient (Wildman–Crippen LogP) is 1.73. The molecule has 0 spiro atoms. The Morgan fingerprint density at radius 3 is 2.79 bits per heavy atom. The molecule has 3 heteroatoms. The van der Waals surface area contributed by atoms with E-state index in [0.717, 1.165) is 0 Å². The van der Waals surface area contributed by atoms with Gasteiger partial charge in [0.25, 0.3) is 0 Å². The molecule has 0 unspecified atom stereocenters. The molecule has 0 aromatic carbocycles. The molecule has 0 aliphatic heterocycles. The summed E-state index contributed by atoms with van der Waals surface area (Å²) in [5.41, 5.74) is 0.473. The minimum atomic E-state index is -0.348. The average Bonchev–Trinajstić information content (AvgIpc) is 2.72. The second kappa shape index (κ2) is 3.87. The quantitative estimate of drug-likeness (QED) is 0.662. The highest BCUT2D eigenvalue weighted by molar-refractivity contribution is 5.89. The van der Waals surface area contributed by atoms with E-state index in [9.17, 15) is 4.79 Å². The SMILES string of the molecule is O=C(OC1C=CC=C1)c1cccnc1. The van der Waals surface area contributed by atoms with Gasteiger partial charge in [0.05, 0.1) is 5.56 Å². The van der Waals surface area contributed by atoms with Crippen molar-refractivity contribution in [2.45, 2.75) is 6.10 Å². The number of nitrogens with zero attached hydrogens (tertiary/aromatic N) is 1. The lowest BCUT2D eigenvalue weighted by atomic mass is 10.3. The third kappa shape index (κ3) is 1.88. The lowest BCUT2D eigenvalue weighted by Gasteiger charge is -2.07. The van der Waals surface area contributed by atoms with Crippen LogP contribution in [-0.4, -0.2) is 17.1 Å². The van der Waals surface area contributed by atoms with Gasteiger partial charge < -0.3 is 4.74 Å². The summed E-state index contributed by atoms with van der Waals surface area (Å²) in [5, 5.41) is 0. The number of rotatable bonds is 2. The lowest BCUT2D eigenvalue weighted by Crippen LogP contribution is -2.12. The maximum atomic E-state index is 11.5. The number of hydrogen-bond acceptors (Lipinski definition) is 3. The van der Waals surface area contributed by atoms with Crippen LogP contribution in [0.25, 0.3) is 0 Å². The van der Waals surface area contributed by atoms with Crippen molar-refractivity contribution in [1.82, 2.24) is 4.98 Å². The number of carbonyl (C=O) groups excluding carboxylic acids is 1. The zero-order valence-corrected chi connectivity index (χ0v) is 7.46. The standard InChI is InChI=1S/C11H9NO2/c13-11(9-4-3-7-12-8-9)14-10-5-1-2-6-10/h1-8,10H. The fraction of sp³-hybridized carbons (Fsp3) is 0.0909. The van der Waals surface area contributed by atoms with Gasteiger partial charge in [-0.1, -0.05) is 12.2 Å². The molecule has 0 N–H and O–H groups in total. The van der Waals surface area contributed by atoms with Gasteiger partial charge >= 0.3 is 5.97 Å². The van der Waals surface area contributed by atoms with E-state index in [1.807, 2.05) is 24.3 Å². The molecule has 1 aliphatic rings. The topological polar surface area (TPSA) is 39.2 Å². The molecule has 14 heavy (non-hydrogen) atoms. The molecular formula is C11H9NO2. The zero-order valence-electron chi connectivity index (χ0n) is 7.46. The van der Waals surface area contributed by atoms with Crippen LogP contribution in [0.15, 0.2) is 48.8 Å². The Morgan fingerprint density at radius 2 is 2.14 bits per heavy atom. The first-order valence-corrected chi connectivity index (χ1v) is 4.32. The van der Waals surface area contributed by atoms with Gasteiger partial charge in [-0.15, -0.1) is 0 Å². The van der Waals surface area contributed by atoms with Crippen molar-refractivity contribution in [3.8, 4) is 0 Å². The van der Waals surface area contributed by atoms with Crippen molar-refractivity contribution in [3.05, 3.63) is 54.4 Å². The van der Waals surface area contributed by atoms with Crippen molar-refractivity contribution in [3.63, 3.8) is 0 Å². The van der Waals surface area contributed by atoms with Gasteiger partial charge in [-0.2, -0.15) is 0 Å². The maximum Gasteiger partial charge on any atom is 0.340 e. The van der Waals surface area contributed by atoms with E-state index in [1.54, 1.807) is 18.3 Å². The summed E-state index contributed by atoms with van der Waals surface area (Å²) in [6.45, 7) is 0. The van der Waals surface area contributed by atoms with Crippen molar-refractivity contribution >= 4 is 5.97 Å². The van der Waals surface area contributed by atoms with Crippen LogP contribution in [0.4, 0.5) is 0 Å². The summed E-state index contributed by atoms with van der Waals surface area (Å²) in [7, 11) is 0. The minimum absolute atomic E-state index is 0.234. The summed E-state index contributed by atoms with van der Waals surface area (Å²) in [5.74, 6) is -0.348. The molecule has 0 atom stereocenters. The van der Waals surface area contributed by atoms with Crippen LogP contribution in [0.5, 0.6) is 0 Å². The van der Waals surface area contributed by atoms with E-state index < -0.39 is 0 Å². The van der Waals surface area contributed by atoms with Crippen LogP contribution >= 0.6 is 0 Å². The van der Waals surface area contributed by atoms with Crippen LogP contribution in [-0.2, 0) is 4.74 Å². The number of ether oxygens (including phenoxy) is 1. The van der Waals surface area contributed by atoms with E-state index in [-0.39, 0.29) is 12.1 Å². The Labute approximate surface area is 81.7 Å². The third-order valence-corrected chi connectivity index (χ3v) is 1.85. The summed E-state index contributed by atoms with van der Waals surface area (Å²) >= 11 is 0. The van der Waals surface area contributed by atoms with Gasteiger partial charge in [0.15, 0.2) is 0 Å². The van der Waals surface area contributed by atoms with Crippen LogP contribution in [0.3, 0.4) is 0 Å². The second-order valence-electron chi connectivity index (χ2n) is 2.88. The van der Waals surface area contributed by atoms with Crippen molar-refractivity contribution < 1.29 is 9.53 Å². The molecule has 1 aliphatic carbocycles. The van der Waals surface area contributed by atoms with E-state index >= 15 is 0 Å². The van der Waals surface area contributed by atoms with Crippen LogP contribution in [0.2, 0.25) is 0 Å². The minimum Gasteiger partial charge on any atom is -0.450 e. The number of esters is 1. The van der Waals surface area contributed by atoms with Gasteiger partial charge in [0.2, 0.25) is 0 Å². The largest absolute Gasteiger partial charge is 0.450 e. The summed E-state index contributed by atoms with van der Waals surface area (Å²) < 4.78 is 5.14.